The molecule has 2 N–H and O–H groups in total. The third-order valence-electron chi connectivity index (χ3n) is 1.44. The summed E-state index contributed by atoms with van der Waals surface area (Å²) >= 11 is 0. The smallest absolute Gasteiger partial charge is 0.136 e. The molecule has 3 nitrogen and oxygen atoms in total. The molecule has 1 atom stereocenters. The Balaban J connectivity index is 4.37. The van der Waals surface area contributed by atoms with E-state index in [1.807, 2.05) is 6.92 Å². The minimum Gasteiger partial charge on any atom is -0.378 e. The van der Waals surface area contributed by atoms with Gasteiger partial charge in [0, 0.05) is 13.6 Å². The van der Waals surface area contributed by atoms with Crippen molar-refractivity contribution in [2.45, 2.75) is 19.4 Å². The second-order valence-corrected chi connectivity index (χ2v) is 2.45. The Morgan fingerprint density at radius 3 is 2.64 bits per heavy atom. The summed E-state index contributed by atoms with van der Waals surface area (Å²) in [7, 11) is 1.63. The van der Waals surface area contributed by atoms with Gasteiger partial charge in [-0.1, -0.05) is 12.7 Å². The zero-order valence-electron chi connectivity index (χ0n) is 7.39. The van der Waals surface area contributed by atoms with Gasteiger partial charge in [0.15, 0.2) is 0 Å². The van der Waals surface area contributed by atoms with Crippen LogP contribution in [0.5, 0.6) is 0 Å². The highest BCUT2D eigenvalue weighted by Crippen LogP contribution is 2.04. The number of hydrogen-bond donors (Lipinski definition) is 2. The van der Waals surface area contributed by atoms with E-state index in [1.54, 1.807) is 14.0 Å². The highest BCUT2D eigenvalue weighted by Gasteiger charge is 2.21. The third kappa shape index (κ3) is 2.72. The summed E-state index contributed by atoms with van der Waals surface area (Å²) in [4.78, 5) is 3.90. The molecule has 0 aliphatic rings. The zero-order chi connectivity index (χ0) is 8.91. The molecule has 0 heterocycles. The molecule has 0 saturated carbocycles. The van der Waals surface area contributed by atoms with Gasteiger partial charge in [0.05, 0.1) is 0 Å². The first-order valence-corrected chi connectivity index (χ1v) is 3.65. The molecule has 3 heteroatoms. The van der Waals surface area contributed by atoms with Gasteiger partial charge >= 0.3 is 0 Å². The number of rotatable bonds is 3. The van der Waals surface area contributed by atoms with Crippen LogP contribution in [0.1, 0.15) is 13.8 Å². The molecule has 0 aromatic heterocycles. The van der Waals surface area contributed by atoms with Crippen LogP contribution in [0.15, 0.2) is 17.6 Å². The van der Waals surface area contributed by atoms with Crippen molar-refractivity contribution in [3.63, 3.8) is 0 Å². The molecule has 0 bridgehead atoms. The molecular formula is C8H16N2O. The number of nitrogens with zero attached hydrogens (tertiary/aromatic N) is 1. The molecule has 0 aromatic rings. The van der Waals surface area contributed by atoms with Crippen molar-refractivity contribution < 1.29 is 5.11 Å². The summed E-state index contributed by atoms with van der Waals surface area (Å²) < 4.78 is 0. The fraction of sp³-hybridized carbons (Fsp3) is 0.625. The van der Waals surface area contributed by atoms with Crippen LogP contribution in [0.3, 0.4) is 0 Å². The van der Waals surface area contributed by atoms with Gasteiger partial charge in [-0.25, -0.2) is 0 Å². The Labute approximate surface area is 67.8 Å². The van der Waals surface area contributed by atoms with Gasteiger partial charge in [-0.15, -0.1) is 0 Å². The number of likely N-dealkylation sites (N-methyl/N-ethyl adjacent to an activating group) is 1. The van der Waals surface area contributed by atoms with E-state index in [4.69, 9.17) is 0 Å². The minimum absolute atomic E-state index is 0.551. The monoisotopic (exact) mass is 156 g/mol. The van der Waals surface area contributed by atoms with E-state index in [0.29, 0.717) is 5.84 Å². The van der Waals surface area contributed by atoms with E-state index in [0.717, 1.165) is 6.54 Å². The molecule has 11 heavy (non-hydrogen) atoms. The number of nitrogens with one attached hydrogen (secondary N) is 1. The summed E-state index contributed by atoms with van der Waals surface area (Å²) in [6.45, 7) is 7.85. The number of amidine groups is 1. The molecule has 0 saturated heterocycles. The lowest BCUT2D eigenvalue weighted by molar-refractivity contribution is 0.180. The van der Waals surface area contributed by atoms with Crippen molar-refractivity contribution in [1.29, 1.82) is 0 Å². The van der Waals surface area contributed by atoms with Crippen molar-refractivity contribution in [3.8, 4) is 0 Å². The third-order valence-corrected chi connectivity index (χ3v) is 1.44. The van der Waals surface area contributed by atoms with Crippen LogP contribution in [0.25, 0.3) is 0 Å². The minimum atomic E-state index is -1.04. The van der Waals surface area contributed by atoms with E-state index in [9.17, 15) is 5.11 Å². The highest BCUT2D eigenvalue weighted by atomic mass is 16.3. The van der Waals surface area contributed by atoms with Crippen LogP contribution in [-0.4, -0.2) is 30.1 Å². The van der Waals surface area contributed by atoms with Gasteiger partial charge < -0.3 is 10.4 Å². The average molecular weight is 156 g/mol. The maximum atomic E-state index is 9.60. The van der Waals surface area contributed by atoms with Crippen LogP contribution in [0.4, 0.5) is 0 Å². The molecule has 1 unspecified atom stereocenters. The molecule has 0 radical (unpaired) electrons. The molecule has 0 rings (SSSR count). The molecule has 0 aliphatic heterocycles. The Morgan fingerprint density at radius 1 is 1.82 bits per heavy atom. The lowest BCUT2D eigenvalue weighted by atomic mass is 10.1. The maximum absolute atomic E-state index is 9.60. The summed E-state index contributed by atoms with van der Waals surface area (Å²) in [6.07, 6.45) is 1.46. The number of hydrogen-bond acceptors (Lipinski definition) is 2. The van der Waals surface area contributed by atoms with Gasteiger partial charge in [-0.05, 0) is 13.8 Å². The molecule has 0 aromatic carbocycles. The summed E-state index contributed by atoms with van der Waals surface area (Å²) in [6, 6.07) is 0. The van der Waals surface area contributed by atoms with Gasteiger partial charge in [-0.2, -0.15) is 0 Å². The van der Waals surface area contributed by atoms with Crippen LogP contribution in [0, 0.1) is 0 Å². The van der Waals surface area contributed by atoms with Crippen LogP contribution >= 0.6 is 0 Å². The first-order valence-electron chi connectivity index (χ1n) is 3.65. The standard InChI is InChI=1S/C8H16N2O/c1-5-8(3,11)7(9-4)10-6-2/h5,11H,1,6H2,2-4H3,(H,9,10). The Bertz CT molecular complexity index is 161. The van der Waals surface area contributed by atoms with Crippen molar-refractivity contribution >= 4 is 5.84 Å². The Hall–Kier alpha value is -0.830. The number of aliphatic hydroxyl groups is 1. The molecule has 0 amide bonds. The van der Waals surface area contributed by atoms with Crippen LogP contribution in [0.2, 0.25) is 0 Å². The average Bonchev–Trinajstić information content (AvgIpc) is 2.00. The Kier molecular flexibility index (Phi) is 3.82. The SMILES string of the molecule is C=CC(C)(O)/C(=N/C)NCC. The fourth-order valence-electron chi connectivity index (χ4n) is 0.748. The van der Waals surface area contributed by atoms with Crippen molar-refractivity contribution in [3.05, 3.63) is 12.7 Å². The quantitative estimate of drug-likeness (QED) is 0.356. The van der Waals surface area contributed by atoms with Crippen molar-refractivity contribution in [2.75, 3.05) is 13.6 Å². The van der Waals surface area contributed by atoms with E-state index in [-0.39, 0.29) is 0 Å². The molecule has 0 aliphatic carbocycles. The van der Waals surface area contributed by atoms with Crippen LogP contribution < -0.4 is 5.32 Å². The summed E-state index contributed by atoms with van der Waals surface area (Å²) in [5.41, 5.74) is -1.04. The predicted octanol–water partition coefficient (Wildman–Crippen LogP) is 0.561. The van der Waals surface area contributed by atoms with E-state index >= 15 is 0 Å². The molecule has 0 spiro atoms. The van der Waals surface area contributed by atoms with Gasteiger partial charge in [0.2, 0.25) is 0 Å². The van der Waals surface area contributed by atoms with Crippen molar-refractivity contribution in [1.82, 2.24) is 5.32 Å². The highest BCUT2D eigenvalue weighted by molar-refractivity contribution is 5.91. The summed E-state index contributed by atoms with van der Waals surface area (Å²) in [5.74, 6) is 0.551. The predicted molar refractivity (Wildman–Crippen MR) is 47.9 cm³/mol. The topological polar surface area (TPSA) is 44.6 Å². The first-order chi connectivity index (χ1) is 5.08. The Morgan fingerprint density at radius 2 is 2.36 bits per heavy atom. The van der Waals surface area contributed by atoms with E-state index < -0.39 is 5.60 Å². The second kappa shape index (κ2) is 4.13. The normalized spacial score (nSPS) is 17.3. The van der Waals surface area contributed by atoms with Crippen molar-refractivity contribution in [2.24, 2.45) is 4.99 Å². The largest absolute Gasteiger partial charge is 0.378 e. The van der Waals surface area contributed by atoms with Crippen LogP contribution in [-0.2, 0) is 0 Å². The lowest BCUT2D eigenvalue weighted by Crippen LogP contribution is -2.42. The second-order valence-electron chi connectivity index (χ2n) is 2.45. The maximum Gasteiger partial charge on any atom is 0.136 e. The number of aliphatic imine (C=N–C) groups is 1. The van der Waals surface area contributed by atoms with E-state index in [2.05, 4.69) is 16.9 Å². The fourth-order valence-corrected chi connectivity index (χ4v) is 0.748. The van der Waals surface area contributed by atoms with Gasteiger partial charge in [-0.3, -0.25) is 4.99 Å². The summed E-state index contributed by atoms with van der Waals surface area (Å²) in [5, 5.41) is 12.6. The van der Waals surface area contributed by atoms with Gasteiger partial charge in [0.25, 0.3) is 0 Å². The van der Waals surface area contributed by atoms with Gasteiger partial charge in [0.1, 0.15) is 11.4 Å². The first kappa shape index (κ1) is 10.2. The molecular weight excluding hydrogens is 140 g/mol. The zero-order valence-corrected chi connectivity index (χ0v) is 7.39. The molecule has 0 fully saturated rings. The molecule has 64 valence electrons. The van der Waals surface area contributed by atoms with E-state index in [1.165, 1.54) is 6.08 Å². The lowest BCUT2D eigenvalue weighted by Gasteiger charge is -2.21.